The average Bonchev–Trinajstić information content (AvgIpc) is 3.15. The predicted octanol–water partition coefficient (Wildman–Crippen LogP) is 4.93. The van der Waals surface area contributed by atoms with E-state index in [0.29, 0.717) is 34.2 Å². The van der Waals surface area contributed by atoms with Crippen LogP contribution in [0.25, 0.3) is 10.9 Å². The minimum atomic E-state index is -2.44. The van der Waals surface area contributed by atoms with E-state index in [9.17, 15) is 8.60 Å². The number of halogens is 1. The van der Waals surface area contributed by atoms with E-state index in [1.54, 1.807) is 25.1 Å². The number of aryl methyl sites for hydroxylation is 2. The fourth-order valence-corrected chi connectivity index (χ4v) is 4.06. The summed E-state index contributed by atoms with van der Waals surface area (Å²) < 4.78 is 40.2. The van der Waals surface area contributed by atoms with E-state index in [1.165, 1.54) is 24.7 Å². The highest BCUT2D eigenvalue weighted by Gasteiger charge is 2.17. The van der Waals surface area contributed by atoms with Gasteiger partial charge in [-0.1, -0.05) is 5.16 Å². The lowest BCUT2D eigenvalue weighted by atomic mass is 10.1. The summed E-state index contributed by atoms with van der Waals surface area (Å²) in [5.74, 6) is 4.54. The Hall–Kier alpha value is -3.66. The molecule has 2 atom stereocenters. The van der Waals surface area contributed by atoms with Crippen LogP contribution in [0.5, 0.6) is 5.75 Å². The van der Waals surface area contributed by atoms with Crippen LogP contribution in [0.15, 0.2) is 47.2 Å². The lowest BCUT2D eigenvalue weighted by Gasteiger charge is -2.18. The summed E-state index contributed by atoms with van der Waals surface area (Å²) in [6.07, 6.45) is 2.46. The molecule has 0 saturated carbocycles. The first-order chi connectivity index (χ1) is 15.6. The Bertz CT molecular complexity index is 1440. The SMILES string of the molecule is C=S(C)(=O)Nc1cc(C)c2c(Nc3ccc(F)cc3OC(C)c3cc(C)no3)ncnc2c1. The van der Waals surface area contributed by atoms with Crippen LogP contribution in [0.1, 0.15) is 30.0 Å². The highest BCUT2D eigenvalue weighted by Crippen LogP contribution is 2.35. The summed E-state index contributed by atoms with van der Waals surface area (Å²) >= 11 is 0. The van der Waals surface area contributed by atoms with Gasteiger partial charge in [0.2, 0.25) is 0 Å². The highest BCUT2D eigenvalue weighted by atomic mass is 32.2. The van der Waals surface area contributed by atoms with Crippen molar-refractivity contribution in [1.29, 1.82) is 0 Å². The van der Waals surface area contributed by atoms with Crippen molar-refractivity contribution in [2.24, 2.45) is 0 Å². The fourth-order valence-electron chi connectivity index (χ4n) is 3.44. The van der Waals surface area contributed by atoms with Crippen LogP contribution in [0, 0.1) is 19.7 Å². The van der Waals surface area contributed by atoms with Gasteiger partial charge in [0.1, 0.15) is 23.7 Å². The zero-order valence-electron chi connectivity index (χ0n) is 18.7. The second-order valence-corrected chi connectivity index (χ2v) is 10.1. The van der Waals surface area contributed by atoms with Gasteiger partial charge in [0.05, 0.1) is 16.9 Å². The molecule has 0 aliphatic heterocycles. The Kier molecular flexibility index (Phi) is 5.94. The molecule has 0 aliphatic carbocycles. The molecular formula is C23H24FN5O3S. The fraction of sp³-hybridized carbons (Fsp3) is 0.217. The molecular weight excluding hydrogens is 445 g/mol. The normalized spacial score (nSPS) is 14.0. The lowest BCUT2D eigenvalue weighted by Crippen LogP contribution is -2.09. The van der Waals surface area contributed by atoms with Crippen LogP contribution in [0.2, 0.25) is 0 Å². The molecule has 4 rings (SSSR count). The van der Waals surface area contributed by atoms with Gasteiger partial charge in [-0.15, -0.1) is 0 Å². The number of rotatable bonds is 7. The Morgan fingerprint density at radius 2 is 1.97 bits per heavy atom. The van der Waals surface area contributed by atoms with Crippen molar-refractivity contribution in [3.8, 4) is 5.75 Å². The van der Waals surface area contributed by atoms with E-state index in [1.807, 2.05) is 19.9 Å². The number of nitrogens with zero attached hydrogens (tertiary/aromatic N) is 3. The zero-order valence-corrected chi connectivity index (χ0v) is 19.5. The van der Waals surface area contributed by atoms with Gasteiger partial charge in [-0.05, 0) is 56.5 Å². The molecule has 10 heteroatoms. The van der Waals surface area contributed by atoms with Gasteiger partial charge >= 0.3 is 0 Å². The van der Waals surface area contributed by atoms with E-state index in [4.69, 9.17) is 9.26 Å². The molecule has 0 bridgehead atoms. The quantitative estimate of drug-likeness (QED) is 0.370. The topological polar surface area (TPSA) is 102 Å². The lowest BCUT2D eigenvalue weighted by molar-refractivity contribution is 0.182. The molecule has 0 spiro atoms. The molecule has 4 aromatic rings. The molecule has 172 valence electrons. The molecule has 8 nitrogen and oxygen atoms in total. The van der Waals surface area contributed by atoms with E-state index < -0.39 is 21.6 Å². The number of hydrogen-bond donors (Lipinski definition) is 2. The number of fused-ring (bicyclic) bond motifs is 1. The summed E-state index contributed by atoms with van der Waals surface area (Å²) in [7, 11) is -2.44. The monoisotopic (exact) mass is 469 g/mol. The number of ether oxygens (including phenoxy) is 1. The summed E-state index contributed by atoms with van der Waals surface area (Å²) in [5.41, 5.74) is 3.41. The molecule has 2 heterocycles. The first kappa shape index (κ1) is 22.5. The summed E-state index contributed by atoms with van der Waals surface area (Å²) in [6.45, 7) is 5.51. The van der Waals surface area contributed by atoms with Crippen LogP contribution in [0.3, 0.4) is 0 Å². The second-order valence-electron chi connectivity index (χ2n) is 7.91. The molecule has 0 saturated heterocycles. The van der Waals surface area contributed by atoms with E-state index in [-0.39, 0.29) is 0 Å². The van der Waals surface area contributed by atoms with Crippen LogP contribution < -0.4 is 14.8 Å². The molecule has 0 amide bonds. The van der Waals surface area contributed by atoms with Gasteiger partial charge < -0.3 is 19.3 Å². The van der Waals surface area contributed by atoms with Crippen molar-refractivity contribution in [1.82, 2.24) is 15.1 Å². The number of anilines is 3. The Morgan fingerprint density at radius 3 is 2.67 bits per heavy atom. The third-order valence-electron chi connectivity index (χ3n) is 4.82. The number of nitrogens with one attached hydrogen (secondary N) is 2. The maximum absolute atomic E-state index is 14.0. The van der Waals surface area contributed by atoms with E-state index in [2.05, 4.69) is 31.0 Å². The third kappa shape index (κ3) is 5.23. The van der Waals surface area contributed by atoms with Crippen LogP contribution in [-0.4, -0.2) is 31.5 Å². The van der Waals surface area contributed by atoms with Crippen molar-refractivity contribution < 1.29 is 17.9 Å². The molecule has 2 N–H and O–H groups in total. The third-order valence-corrected chi connectivity index (χ3v) is 5.48. The second kappa shape index (κ2) is 8.70. The summed E-state index contributed by atoms with van der Waals surface area (Å²) in [4.78, 5) is 8.73. The largest absolute Gasteiger partial charge is 0.480 e. The Morgan fingerprint density at radius 1 is 1.18 bits per heavy atom. The molecule has 0 aliphatic rings. The summed E-state index contributed by atoms with van der Waals surface area (Å²) in [6, 6.07) is 9.61. The predicted molar refractivity (Wildman–Crippen MR) is 129 cm³/mol. The molecule has 2 aromatic carbocycles. The Labute approximate surface area is 191 Å². The van der Waals surface area contributed by atoms with E-state index in [0.717, 1.165) is 16.6 Å². The highest BCUT2D eigenvalue weighted by molar-refractivity contribution is 8.00. The molecule has 2 aromatic heterocycles. The number of aromatic nitrogens is 3. The van der Waals surface area contributed by atoms with Crippen molar-refractivity contribution in [3.63, 3.8) is 0 Å². The van der Waals surface area contributed by atoms with Gasteiger partial charge in [-0.25, -0.2) is 18.6 Å². The maximum Gasteiger partial charge on any atom is 0.177 e. The molecule has 0 radical (unpaired) electrons. The smallest absolute Gasteiger partial charge is 0.177 e. The van der Waals surface area contributed by atoms with Crippen LogP contribution >= 0.6 is 0 Å². The maximum atomic E-state index is 14.0. The zero-order chi connectivity index (χ0) is 23.8. The van der Waals surface area contributed by atoms with Crippen molar-refractivity contribution in [2.75, 3.05) is 16.3 Å². The number of benzene rings is 2. The van der Waals surface area contributed by atoms with Gasteiger partial charge in [-0.2, -0.15) is 0 Å². The molecule has 33 heavy (non-hydrogen) atoms. The van der Waals surface area contributed by atoms with Crippen LogP contribution in [0.4, 0.5) is 21.6 Å². The van der Waals surface area contributed by atoms with Gasteiger partial charge in [-0.3, -0.25) is 0 Å². The minimum absolute atomic E-state index is 0.294. The standard InChI is InChI=1S/C23H24FN5O3S/c1-13-8-17(29-33(4,5)30)11-19-22(13)23(26-12-25-19)27-18-7-6-16(24)10-21(18)31-15(3)20-9-14(2)28-32-20/h6-12,15H,4H2,1-3,5H3,(H,29,30)(H,25,26,27). The van der Waals surface area contributed by atoms with Crippen LogP contribution in [-0.2, 0) is 9.71 Å². The van der Waals surface area contributed by atoms with Crippen molar-refractivity contribution >= 4 is 43.7 Å². The molecule has 0 fully saturated rings. The summed E-state index contributed by atoms with van der Waals surface area (Å²) in [5, 5.41) is 7.87. The van der Waals surface area contributed by atoms with Crippen molar-refractivity contribution in [3.05, 3.63) is 65.6 Å². The molecule has 2 unspecified atom stereocenters. The Balaban J connectivity index is 1.70. The van der Waals surface area contributed by atoms with Gasteiger partial charge in [0.15, 0.2) is 11.9 Å². The van der Waals surface area contributed by atoms with Gasteiger partial charge in [0.25, 0.3) is 0 Å². The minimum Gasteiger partial charge on any atom is -0.480 e. The number of hydrogen-bond acceptors (Lipinski definition) is 7. The first-order valence-corrected chi connectivity index (χ1v) is 12.2. The first-order valence-electron chi connectivity index (χ1n) is 10.1. The van der Waals surface area contributed by atoms with Crippen molar-refractivity contribution in [2.45, 2.75) is 26.9 Å². The average molecular weight is 470 g/mol. The van der Waals surface area contributed by atoms with E-state index >= 15 is 0 Å². The van der Waals surface area contributed by atoms with Gasteiger partial charge in [0, 0.05) is 39.2 Å².